The van der Waals surface area contributed by atoms with Gasteiger partial charge in [-0.2, -0.15) is 0 Å². The summed E-state index contributed by atoms with van der Waals surface area (Å²) in [6, 6.07) is 0. The first-order chi connectivity index (χ1) is 5.76. The number of allylic oxidation sites excluding steroid dienone is 2. The Hall–Kier alpha value is 0.597. The monoisotopic (exact) mass is 309 g/mol. The average molecular weight is 310 g/mol. The maximum absolute atomic E-state index is 10.7. The number of carbonyl (C=O) groups excluding carboxylic acids is 1. The molecule has 2 aliphatic rings. The van der Waals surface area contributed by atoms with E-state index in [1.807, 2.05) is 0 Å². The number of carboxylic acid groups (broad SMARTS) is 1. The molecule has 0 spiro atoms. The van der Waals surface area contributed by atoms with Gasteiger partial charge < -0.3 is 11.3 Å². The second-order valence-corrected chi connectivity index (χ2v) is 2.45. The van der Waals surface area contributed by atoms with Crippen molar-refractivity contribution in [3.05, 3.63) is 24.3 Å². The van der Waals surface area contributed by atoms with Crippen LogP contribution in [0.2, 0.25) is 0 Å². The molecular formula is C7H5AgKN3O2. The van der Waals surface area contributed by atoms with Crippen LogP contribution < -0.4 is 56.5 Å². The number of nitrogens with zero attached hydrogens (tertiary/aromatic N) is 3. The van der Waals surface area contributed by atoms with Crippen molar-refractivity contribution in [2.45, 2.75) is 5.54 Å². The van der Waals surface area contributed by atoms with Gasteiger partial charge in [-0.1, -0.05) is 12.2 Å². The number of carboxylic acids is 1. The molecule has 14 heavy (non-hydrogen) atoms. The smallest absolute Gasteiger partial charge is 1.00 e. The Morgan fingerprint density at radius 1 is 1.50 bits per heavy atom. The normalized spacial score (nSPS) is 25.9. The van der Waals surface area contributed by atoms with Gasteiger partial charge in [0.2, 0.25) is 0 Å². The Labute approximate surface area is 140 Å². The fraction of sp³-hybridized carbons (Fsp3) is 0.143. The summed E-state index contributed by atoms with van der Waals surface area (Å²) in [6.07, 6.45) is 6.21. The van der Waals surface area contributed by atoms with Crippen LogP contribution in [0.5, 0.6) is 0 Å². The zero-order valence-corrected chi connectivity index (χ0v) is 11.9. The molecule has 0 aromatic rings. The van der Waals surface area contributed by atoms with E-state index in [9.17, 15) is 9.90 Å². The molecule has 0 saturated carbocycles. The van der Waals surface area contributed by atoms with E-state index < -0.39 is 11.5 Å². The number of aliphatic carboxylic acids is 1. The summed E-state index contributed by atoms with van der Waals surface area (Å²) in [5.41, 5.74) is -1.17. The van der Waals surface area contributed by atoms with Crippen molar-refractivity contribution in [3.8, 4) is 0 Å². The first-order valence-corrected chi connectivity index (χ1v) is 3.33. The van der Waals surface area contributed by atoms with Crippen LogP contribution in [0.1, 0.15) is 1.43 Å². The molecule has 1 aliphatic heterocycles. The van der Waals surface area contributed by atoms with Crippen molar-refractivity contribution in [2.75, 3.05) is 0 Å². The van der Waals surface area contributed by atoms with Gasteiger partial charge in [0.05, 0.1) is 5.97 Å². The van der Waals surface area contributed by atoms with Crippen LogP contribution in [0.3, 0.4) is 0 Å². The van der Waals surface area contributed by atoms with Gasteiger partial charge in [0.25, 0.3) is 0 Å². The minimum Gasteiger partial charge on any atom is -1.00 e. The number of carbonyl (C=O) groups is 1. The summed E-state index contributed by atoms with van der Waals surface area (Å²) in [6.45, 7) is 0. The standard InChI is InChI=1S/C7H5N3O2.Ag.K.H/c11-6(12)7-4-2-1-3-5(7)8-10-9-7;;;/h1-4H,(H,11,12);;;/q;2*+1;-1/p-1. The number of rotatable bonds is 1. The van der Waals surface area contributed by atoms with E-state index in [0.29, 0.717) is 5.71 Å². The summed E-state index contributed by atoms with van der Waals surface area (Å²) >= 11 is 0. The first-order valence-electron chi connectivity index (χ1n) is 3.33. The molecule has 0 fully saturated rings. The predicted molar refractivity (Wildman–Crippen MR) is 39.4 cm³/mol. The van der Waals surface area contributed by atoms with Crippen molar-refractivity contribution >= 4 is 11.7 Å². The molecule has 0 radical (unpaired) electrons. The number of hydrogen-bond acceptors (Lipinski definition) is 5. The molecule has 5 nitrogen and oxygen atoms in total. The predicted octanol–water partition coefficient (Wildman–Crippen LogP) is -3.46. The third-order valence-electron chi connectivity index (χ3n) is 1.76. The summed E-state index contributed by atoms with van der Waals surface area (Å²) in [5, 5.41) is 21.1. The summed E-state index contributed by atoms with van der Waals surface area (Å²) in [7, 11) is 0. The zero-order chi connectivity index (χ0) is 8.60. The molecule has 0 amide bonds. The van der Waals surface area contributed by atoms with Crippen LogP contribution in [0.25, 0.3) is 0 Å². The van der Waals surface area contributed by atoms with Gasteiger partial charge in [-0.25, -0.2) is 0 Å². The van der Waals surface area contributed by atoms with Crippen molar-refractivity contribution in [3.63, 3.8) is 0 Å². The second kappa shape index (κ2) is 5.62. The maximum Gasteiger partial charge on any atom is 1.00 e. The molecule has 0 N–H and O–H groups in total. The minimum absolute atomic E-state index is 0. The van der Waals surface area contributed by atoms with Crippen LogP contribution in [0.4, 0.5) is 0 Å². The Morgan fingerprint density at radius 3 is 2.79 bits per heavy atom. The summed E-state index contributed by atoms with van der Waals surface area (Å²) < 4.78 is 0. The van der Waals surface area contributed by atoms with E-state index in [4.69, 9.17) is 0 Å². The van der Waals surface area contributed by atoms with Crippen LogP contribution >= 0.6 is 0 Å². The SMILES string of the molecule is O=C([O-])C12C=CC=CC1=NN=N2.[Ag+].[H-].[K+]. The Bertz CT molecular complexity index is 369. The summed E-state index contributed by atoms with van der Waals surface area (Å²) in [4.78, 5) is 10.7. The van der Waals surface area contributed by atoms with Crippen molar-refractivity contribution in [1.82, 2.24) is 0 Å². The first kappa shape index (κ1) is 14.6. The largest absolute Gasteiger partial charge is 1.00 e. The summed E-state index contributed by atoms with van der Waals surface area (Å²) in [5.74, 6) is -1.30. The van der Waals surface area contributed by atoms with Gasteiger partial charge in [-0.05, 0) is 17.4 Å². The van der Waals surface area contributed by atoms with E-state index in [2.05, 4.69) is 15.4 Å². The molecule has 0 aromatic carbocycles. The molecule has 1 unspecified atom stereocenters. The van der Waals surface area contributed by atoms with E-state index in [-0.39, 0.29) is 75.2 Å². The second-order valence-electron chi connectivity index (χ2n) is 2.45. The molecule has 0 saturated heterocycles. The number of hydrogen-bond donors (Lipinski definition) is 0. The van der Waals surface area contributed by atoms with Crippen LogP contribution in [0.15, 0.2) is 39.7 Å². The molecule has 0 aromatic heterocycles. The van der Waals surface area contributed by atoms with Crippen molar-refractivity contribution < 1.29 is 85.1 Å². The molecule has 0 bridgehead atoms. The molecule has 7 heteroatoms. The van der Waals surface area contributed by atoms with Gasteiger partial charge in [0, 0.05) is 0 Å². The molecule has 1 atom stereocenters. The topological polar surface area (TPSA) is 77.2 Å². The fourth-order valence-corrected chi connectivity index (χ4v) is 1.10. The zero-order valence-electron chi connectivity index (χ0n) is 8.27. The minimum atomic E-state index is -1.46. The van der Waals surface area contributed by atoms with Gasteiger partial charge in [0.15, 0.2) is 5.54 Å². The van der Waals surface area contributed by atoms with Crippen LogP contribution in [-0.2, 0) is 27.2 Å². The molecular weight excluding hydrogens is 305 g/mol. The third-order valence-corrected chi connectivity index (χ3v) is 1.76. The molecule has 2 rings (SSSR count). The van der Waals surface area contributed by atoms with E-state index in [1.165, 1.54) is 6.08 Å². The van der Waals surface area contributed by atoms with Gasteiger partial charge in [0.1, 0.15) is 5.71 Å². The molecule has 1 aliphatic carbocycles. The Morgan fingerprint density at radius 2 is 2.21 bits per heavy atom. The quantitative estimate of drug-likeness (QED) is 0.472. The van der Waals surface area contributed by atoms with E-state index >= 15 is 0 Å². The van der Waals surface area contributed by atoms with Gasteiger partial charge in [-0.3, -0.25) is 0 Å². The van der Waals surface area contributed by atoms with Crippen LogP contribution in [-0.4, -0.2) is 17.2 Å². The van der Waals surface area contributed by atoms with E-state index in [0.717, 1.165) is 0 Å². The molecule has 1 heterocycles. The number of fused-ring (bicyclic) bond motifs is 1. The third kappa shape index (κ3) is 2.22. The fourth-order valence-electron chi connectivity index (χ4n) is 1.10. The van der Waals surface area contributed by atoms with E-state index in [1.54, 1.807) is 18.2 Å². The van der Waals surface area contributed by atoms with Crippen molar-refractivity contribution in [1.29, 1.82) is 0 Å². The molecule has 72 valence electrons. The average Bonchev–Trinajstić information content (AvgIpc) is 2.48. The van der Waals surface area contributed by atoms with Crippen LogP contribution in [0, 0.1) is 0 Å². The van der Waals surface area contributed by atoms with Gasteiger partial charge >= 0.3 is 73.8 Å². The van der Waals surface area contributed by atoms with Gasteiger partial charge in [-0.15, -0.1) is 10.2 Å². The maximum atomic E-state index is 10.7. The Balaban J connectivity index is 0. The Kier molecular flexibility index (Phi) is 5.86. The van der Waals surface area contributed by atoms with Crippen molar-refractivity contribution in [2.24, 2.45) is 15.4 Å².